The van der Waals surface area contributed by atoms with Crippen molar-refractivity contribution in [3.63, 3.8) is 0 Å². The second kappa shape index (κ2) is 5.68. The molecule has 1 aromatic rings. The van der Waals surface area contributed by atoms with E-state index in [-0.39, 0.29) is 16.8 Å². The molecule has 1 amide bonds. The zero-order valence-corrected chi connectivity index (χ0v) is 11.5. The summed E-state index contributed by atoms with van der Waals surface area (Å²) in [6.45, 7) is 1.68. The summed E-state index contributed by atoms with van der Waals surface area (Å²) in [6.07, 6.45) is 0.915. The average molecular weight is 283 g/mol. The highest BCUT2D eigenvalue weighted by Crippen LogP contribution is 2.10. The highest BCUT2D eigenvalue weighted by atomic mass is 32.2. The number of amides is 1. The van der Waals surface area contributed by atoms with E-state index in [9.17, 15) is 13.2 Å². The van der Waals surface area contributed by atoms with Gasteiger partial charge in [-0.3, -0.25) is 4.79 Å². The van der Waals surface area contributed by atoms with Gasteiger partial charge in [0.2, 0.25) is 10.0 Å². The molecule has 104 valence electrons. The Morgan fingerprint density at radius 3 is 2.53 bits per heavy atom. The van der Waals surface area contributed by atoms with Gasteiger partial charge in [0.05, 0.1) is 4.90 Å². The summed E-state index contributed by atoms with van der Waals surface area (Å²) in [5.74, 6) is -0.179. The van der Waals surface area contributed by atoms with Crippen LogP contribution in [0.15, 0.2) is 29.2 Å². The Morgan fingerprint density at radius 1 is 1.32 bits per heavy atom. The van der Waals surface area contributed by atoms with Crippen molar-refractivity contribution in [3.8, 4) is 0 Å². The van der Waals surface area contributed by atoms with Crippen LogP contribution in [0.1, 0.15) is 16.8 Å². The number of sulfonamides is 1. The van der Waals surface area contributed by atoms with Gasteiger partial charge in [-0.2, -0.15) is 0 Å². The van der Waals surface area contributed by atoms with Gasteiger partial charge < -0.3 is 10.6 Å². The number of hydrogen-bond donors (Lipinski definition) is 3. The van der Waals surface area contributed by atoms with E-state index in [1.165, 1.54) is 31.3 Å². The van der Waals surface area contributed by atoms with E-state index >= 15 is 0 Å². The van der Waals surface area contributed by atoms with Crippen LogP contribution in [0, 0.1) is 0 Å². The van der Waals surface area contributed by atoms with E-state index in [1.807, 2.05) is 0 Å². The van der Waals surface area contributed by atoms with E-state index in [0.717, 1.165) is 19.5 Å². The average Bonchev–Trinajstić information content (AvgIpc) is 2.91. The van der Waals surface area contributed by atoms with Crippen LogP contribution < -0.4 is 15.4 Å². The molecule has 7 heteroatoms. The monoisotopic (exact) mass is 283 g/mol. The summed E-state index contributed by atoms with van der Waals surface area (Å²) < 4.78 is 25.3. The molecule has 1 unspecified atom stereocenters. The molecule has 0 saturated carbocycles. The predicted molar refractivity (Wildman–Crippen MR) is 71.4 cm³/mol. The molecule has 0 bridgehead atoms. The topological polar surface area (TPSA) is 87.3 Å². The Bertz CT molecular complexity index is 548. The first-order valence-electron chi connectivity index (χ1n) is 6.08. The number of nitrogens with one attached hydrogen (secondary N) is 3. The Morgan fingerprint density at radius 2 is 2.00 bits per heavy atom. The Hall–Kier alpha value is -1.44. The first-order chi connectivity index (χ1) is 9.03. The molecule has 0 radical (unpaired) electrons. The zero-order valence-electron chi connectivity index (χ0n) is 10.6. The highest BCUT2D eigenvalue weighted by molar-refractivity contribution is 7.89. The van der Waals surface area contributed by atoms with E-state index in [4.69, 9.17) is 0 Å². The molecule has 3 N–H and O–H groups in total. The summed E-state index contributed by atoms with van der Waals surface area (Å²) >= 11 is 0. The third kappa shape index (κ3) is 3.31. The van der Waals surface area contributed by atoms with Gasteiger partial charge in [-0.15, -0.1) is 0 Å². The lowest BCUT2D eigenvalue weighted by molar-refractivity contribution is 0.0940. The van der Waals surface area contributed by atoms with Crippen LogP contribution in [0.4, 0.5) is 0 Å². The summed E-state index contributed by atoms with van der Waals surface area (Å²) in [5.41, 5.74) is 0.460. The fourth-order valence-corrected chi connectivity index (χ4v) is 2.68. The van der Waals surface area contributed by atoms with Crippen LogP contribution in [0.5, 0.6) is 0 Å². The molecule has 1 saturated heterocycles. The molecule has 1 aliphatic rings. The Labute approximate surface area is 112 Å². The molecule has 2 rings (SSSR count). The van der Waals surface area contributed by atoms with Crippen molar-refractivity contribution in [2.75, 3.05) is 20.1 Å². The van der Waals surface area contributed by atoms with Crippen molar-refractivity contribution in [1.82, 2.24) is 15.4 Å². The van der Waals surface area contributed by atoms with E-state index in [2.05, 4.69) is 15.4 Å². The lowest BCUT2D eigenvalue weighted by Gasteiger charge is -2.11. The maximum absolute atomic E-state index is 11.9. The standard InChI is InChI=1S/C12H17N3O3S/c1-13-19(17,18)11-4-2-9(3-5-11)12(16)15-10-6-7-14-8-10/h2-5,10,13-14H,6-8H2,1H3,(H,15,16). The Balaban J connectivity index is 2.07. The van der Waals surface area contributed by atoms with Gasteiger partial charge >= 0.3 is 0 Å². The van der Waals surface area contributed by atoms with Gasteiger partial charge in [0, 0.05) is 18.2 Å². The van der Waals surface area contributed by atoms with Crippen LogP contribution in [-0.2, 0) is 10.0 Å². The minimum absolute atomic E-state index is 0.146. The quantitative estimate of drug-likeness (QED) is 0.707. The molecule has 19 heavy (non-hydrogen) atoms. The highest BCUT2D eigenvalue weighted by Gasteiger charge is 2.18. The van der Waals surface area contributed by atoms with Gasteiger partial charge in [0.1, 0.15) is 0 Å². The zero-order chi connectivity index (χ0) is 13.9. The van der Waals surface area contributed by atoms with Crippen LogP contribution in [0.3, 0.4) is 0 Å². The third-order valence-electron chi connectivity index (χ3n) is 3.09. The number of benzene rings is 1. The molecular weight excluding hydrogens is 266 g/mol. The van der Waals surface area contributed by atoms with Gasteiger partial charge in [-0.05, 0) is 44.3 Å². The first-order valence-corrected chi connectivity index (χ1v) is 7.56. The molecular formula is C12H17N3O3S. The van der Waals surface area contributed by atoms with Crippen LogP contribution >= 0.6 is 0 Å². The molecule has 1 heterocycles. The second-order valence-corrected chi connectivity index (χ2v) is 6.28. The molecule has 0 aliphatic carbocycles. The lowest BCUT2D eigenvalue weighted by Crippen LogP contribution is -2.36. The third-order valence-corrected chi connectivity index (χ3v) is 4.52. The van der Waals surface area contributed by atoms with Crippen LogP contribution in [0.25, 0.3) is 0 Å². The molecule has 1 atom stereocenters. The van der Waals surface area contributed by atoms with Crippen molar-refractivity contribution in [2.24, 2.45) is 0 Å². The van der Waals surface area contributed by atoms with Crippen molar-refractivity contribution in [3.05, 3.63) is 29.8 Å². The number of rotatable bonds is 4. The summed E-state index contributed by atoms with van der Waals surface area (Å²) in [4.78, 5) is 12.1. The van der Waals surface area contributed by atoms with Crippen LogP contribution in [-0.4, -0.2) is 40.5 Å². The van der Waals surface area contributed by atoms with Gasteiger partial charge in [-0.1, -0.05) is 0 Å². The van der Waals surface area contributed by atoms with Crippen molar-refractivity contribution >= 4 is 15.9 Å². The summed E-state index contributed by atoms with van der Waals surface area (Å²) in [6, 6.07) is 6.03. The van der Waals surface area contributed by atoms with E-state index in [0.29, 0.717) is 5.56 Å². The van der Waals surface area contributed by atoms with Crippen molar-refractivity contribution in [1.29, 1.82) is 0 Å². The second-order valence-electron chi connectivity index (χ2n) is 4.40. The number of carbonyl (C=O) groups excluding carboxylic acids is 1. The fourth-order valence-electron chi connectivity index (χ4n) is 1.95. The van der Waals surface area contributed by atoms with E-state index in [1.54, 1.807) is 0 Å². The molecule has 1 aromatic carbocycles. The summed E-state index contributed by atoms with van der Waals surface area (Å²) in [7, 11) is -2.10. The minimum atomic E-state index is -3.45. The summed E-state index contributed by atoms with van der Waals surface area (Å²) in [5, 5.41) is 6.06. The van der Waals surface area contributed by atoms with Gasteiger partial charge in [-0.25, -0.2) is 13.1 Å². The molecule has 0 spiro atoms. The Kier molecular flexibility index (Phi) is 4.18. The minimum Gasteiger partial charge on any atom is -0.348 e. The van der Waals surface area contributed by atoms with Crippen LogP contribution in [0.2, 0.25) is 0 Å². The first kappa shape index (κ1) is 14.0. The maximum atomic E-state index is 11.9. The molecule has 1 fully saturated rings. The van der Waals surface area contributed by atoms with Crippen molar-refractivity contribution < 1.29 is 13.2 Å². The smallest absolute Gasteiger partial charge is 0.251 e. The maximum Gasteiger partial charge on any atom is 0.251 e. The largest absolute Gasteiger partial charge is 0.348 e. The SMILES string of the molecule is CNS(=O)(=O)c1ccc(C(=O)NC2CCNC2)cc1. The molecule has 0 aromatic heterocycles. The normalized spacial score (nSPS) is 19.3. The number of carbonyl (C=O) groups is 1. The van der Waals surface area contributed by atoms with Crippen molar-refractivity contribution in [2.45, 2.75) is 17.4 Å². The van der Waals surface area contributed by atoms with Gasteiger partial charge in [0.15, 0.2) is 0 Å². The van der Waals surface area contributed by atoms with Gasteiger partial charge in [0.25, 0.3) is 5.91 Å². The predicted octanol–water partition coefficient (Wildman–Crippen LogP) is -0.314. The fraction of sp³-hybridized carbons (Fsp3) is 0.417. The molecule has 1 aliphatic heterocycles. The van der Waals surface area contributed by atoms with E-state index < -0.39 is 10.0 Å². The molecule has 6 nitrogen and oxygen atoms in total. The number of hydrogen-bond acceptors (Lipinski definition) is 4. The lowest BCUT2D eigenvalue weighted by atomic mass is 10.2.